The van der Waals surface area contributed by atoms with Gasteiger partial charge in [-0.1, -0.05) is 0 Å². The minimum absolute atomic E-state index is 0. The second-order valence-corrected chi connectivity index (χ2v) is 3.69. The SMILES string of the molecule is CCOc1ccc(OCC(=O)NCCCN)cc1.Cl. The summed E-state index contributed by atoms with van der Waals surface area (Å²) < 4.78 is 10.6. The third kappa shape index (κ3) is 7.54. The Balaban J connectivity index is 0.00000324. The van der Waals surface area contributed by atoms with Crippen molar-refractivity contribution in [3.8, 4) is 11.5 Å². The van der Waals surface area contributed by atoms with Crippen LogP contribution in [0.2, 0.25) is 0 Å². The summed E-state index contributed by atoms with van der Waals surface area (Å²) in [7, 11) is 0. The number of halogens is 1. The van der Waals surface area contributed by atoms with E-state index in [1.54, 1.807) is 12.1 Å². The van der Waals surface area contributed by atoms with Gasteiger partial charge in [-0.25, -0.2) is 0 Å². The summed E-state index contributed by atoms with van der Waals surface area (Å²) in [6.07, 6.45) is 0.773. The van der Waals surface area contributed by atoms with Crippen LogP contribution in [0.3, 0.4) is 0 Å². The Hall–Kier alpha value is -1.46. The van der Waals surface area contributed by atoms with Crippen LogP contribution in [-0.4, -0.2) is 32.2 Å². The van der Waals surface area contributed by atoms with Gasteiger partial charge in [-0.15, -0.1) is 12.4 Å². The number of nitrogens with one attached hydrogen (secondary N) is 1. The molecule has 0 aliphatic heterocycles. The normalized spacial score (nSPS) is 9.37. The fourth-order valence-electron chi connectivity index (χ4n) is 1.33. The Bertz CT molecular complexity index is 357. The molecule has 5 nitrogen and oxygen atoms in total. The van der Waals surface area contributed by atoms with Crippen LogP contribution in [0.15, 0.2) is 24.3 Å². The lowest BCUT2D eigenvalue weighted by Crippen LogP contribution is -2.30. The molecule has 3 N–H and O–H groups in total. The summed E-state index contributed by atoms with van der Waals surface area (Å²) >= 11 is 0. The smallest absolute Gasteiger partial charge is 0.257 e. The summed E-state index contributed by atoms with van der Waals surface area (Å²) in [6, 6.07) is 7.17. The average molecular weight is 289 g/mol. The second-order valence-electron chi connectivity index (χ2n) is 3.69. The maximum atomic E-state index is 11.4. The molecule has 0 saturated heterocycles. The Labute approximate surface area is 119 Å². The number of benzene rings is 1. The fraction of sp³-hybridized carbons (Fsp3) is 0.462. The lowest BCUT2D eigenvalue weighted by molar-refractivity contribution is -0.123. The second kappa shape index (κ2) is 10.5. The van der Waals surface area contributed by atoms with Gasteiger partial charge < -0.3 is 20.5 Å². The van der Waals surface area contributed by atoms with Crippen LogP contribution in [-0.2, 0) is 4.79 Å². The van der Waals surface area contributed by atoms with Crippen molar-refractivity contribution in [3.05, 3.63) is 24.3 Å². The quantitative estimate of drug-likeness (QED) is 0.708. The summed E-state index contributed by atoms with van der Waals surface area (Å²) in [5.74, 6) is 1.29. The van der Waals surface area contributed by atoms with Gasteiger partial charge in [0, 0.05) is 6.54 Å². The molecule has 0 heterocycles. The van der Waals surface area contributed by atoms with Crippen molar-refractivity contribution in [1.29, 1.82) is 0 Å². The molecule has 1 rings (SSSR count). The molecule has 0 aliphatic carbocycles. The van der Waals surface area contributed by atoms with E-state index in [0.717, 1.165) is 12.2 Å². The van der Waals surface area contributed by atoms with Gasteiger partial charge >= 0.3 is 0 Å². The Morgan fingerprint density at radius 1 is 1.21 bits per heavy atom. The molecule has 1 aromatic carbocycles. The van der Waals surface area contributed by atoms with Crippen molar-refractivity contribution in [2.75, 3.05) is 26.3 Å². The summed E-state index contributed by atoms with van der Waals surface area (Å²) in [4.78, 5) is 11.4. The number of nitrogens with two attached hydrogens (primary N) is 1. The van der Waals surface area contributed by atoms with Crippen LogP contribution in [0.4, 0.5) is 0 Å². The lowest BCUT2D eigenvalue weighted by atomic mass is 10.3. The van der Waals surface area contributed by atoms with Gasteiger partial charge in [0.15, 0.2) is 6.61 Å². The largest absolute Gasteiger partial charge is 0.494 e. The van der Waals surface area contributed by atoms with E-state index in [-0.39, 0.29) is 24.9 Å². The zero-order chi connectivity index (χ0) is 13.2. The van der Waals surface area contributed by atoms with Gasteiger partial charge in [-0.05, 0) is 44.2 Å². The Morgan fingerprint density at radius 3 is 2.32 bits per heavy atom. The average Bonchev–Trinajstić information content (AvgIpc) is 2.39. The molecule has 0 saturated carbocycles. The highest BCUT2D eigenvalue weighted by Crippen LogP contribution is 2.17. The fourth-order valence-corrected chi connectivity index (χ4v) is 1.33. The molecule has 108 valence electrons. The van der Waals surface area contributed by atoms with Gasteiger partial charge in [-0.2, -0.15) is 0 Å². The summed E-state index contributed by atoms with van der Waals surface area (Å²) in [5, 5.41) is 2.72. The van der Waals surface area contributed by atoms with Crippen LogP contribution in [0.25, 0.3) is 0 Å². The summed E-state index contributed by atoms with van der Waals surface area (Å²) in [6.45, 7) is 3.72. The lowest BCUT2D eigenvalue weighted by Gasteiger charge is -2.08. The predicted octanol–water partition coefficient (Wildman–Crippen LogP) is 1.35. The van der Waals surface area contributed by atoms with Gasteiger partial charge in [0.2, 0.25) is 0 Å². The Morgan fingerprint density at radius 2 is 1.79 bits per heavy atom. The molecular formula is C13H21ClN2O3. The third-order valence-corrected chi connectivity index (χ3v) is 2.21. The first-order valence-electron chi connectivity index (χ1n) is 6.08. The van der Waals surface area contributed by atoms with E-state index in [2.05, 4.69) is 5.32 Å². The minimum Gasteiger partial charge on any atom is -0.494 e. The molecule has 0 aliphatic rings. The van der Waals surface area contributed by atoms with Crippen molar-refractivity contribution < 1.29 is 14.3 Å². The van der Waals surface area contributed by atoms with Gasteiger partial charge in [0.1, 0.15) is 11.5 Å². The van der Waals surface area contributed by atoms with Crippen LogP contribution >= 0.6 is 12.4 Å². The standard InChI is InChI=1S/C13H20N2O3.ClH/c1-2-17-11-4-6-12(7-5-11)18-10-13(16)15-9-3-8-14;/h4-7H,2-3,8-10,14H2,1H3,(H,15,16);1H. The zero-order valence-corrected chi connectivity index (χ0v) is 11.9. The van der Waals surface area contributed by atoms with Crippen molar-refractivity contribution in [2.24, 2.45) is 5.73 Å². The number of carbonyl (C=O) groups is 1. The number of carbonyl (C=O) groups excluding carboxylic acids is 1. The molecule has 0 fully saturated rings. The van der Waals surface area contributed by atoms with Crippen molar-refractivity contribution >= 4 is 18.3 Å². The molecule has 1 aromatic rings. The zero-order valence-electron chi connectivity index (χ0n) is 11.1. The highest BCUT2D eigenvalue weighted by molar-refractivity contribution is 5.85. The molecule has 0 atom stereocenters. The molecule has 0 aromatic heterocycles. The Kier molecular flexibility index (Phi) is 9.66. The molecule has 0 radical (unpaired) electrons. The molecule has 6 heteroatoms. The van der Waals surface area contributed by atoms with E-state index < -0.39 is 0 Å². The van der Waals surface area contributed by atoms with Crippen molar-refractivity contribution in [3.63, 3.8) is 0 Å². The molecular weight excluding hydrogens is 268 g/mol. The van der Waals surface area contributed by atoms with E-state index in [1.165, 1.54) is 0 Å². The topological polar surface area (TPSA) is 73.6 Å². The van der Waals surface area contributed by atoms with Crippen LogP contribution in [0.1, 0.15) is 13.3 Å². The molecule has 0 spiro atoms. The van der Waals surface area contributed by atoms with Crippen molar-refractivity contribution in [1.82, 2.24) is 5.32 Å². The summed E-state index contributed by atoms with van der Waals surface area (Å²) in [5.41, 5.74) is 5.32. The van der Waals surface area contributed by atoms with E-state index in [9.17, 15) is 4.79 Å². The molecule has 0 unspecified atom stereocenters. The van der Waals surface area contributed by atoms with E-state index in [1.807, 2.05) is 19.1 Å². The first kappa shape index (κ1) is 17.5. The first-order valence-corrected chi connectivity index (χ1v) is 6.08. The van der Waals surface area contributed by atoms with Crippen LogP contribution in [0, 0.1) is 0 Å². The molecule has 0 bridgehead atoms. The van der Waals surface area contributed by atoms with Gasteiger partial charge in [0.05, 0.1) is 6.61 Å². The van der Waals surface area contributed by atoms with Gasteiger partial charge in [0.25, 0.3) is 5.91 Å². The van der Waals surface area contributed by atoms with Crippen LogP contribution < -0.4 is 20.5 Å². The van der Waals surface area contributed by atoms with Gasteiger partial charge in [-0.3, -0.25) is 4.79 Å². The first-order chi connectivity index (χ1) is 8.76. The molecule has 19 heavy (non-hydrogen) atoms. The van der Waals surface area contributed by atoms with E-state index in [0.29, 0.717) is 25.4 Å². The molecule has 1 amide bonds. The third-order valence-electron chi connectivity index (χ3n) is 2.21. The highest BCUT2D eigenvalue weighted by Gasteiger charge is 2.02. The van der Waals surface area contributed by atoms with E-state index >= 15 is 0 Å². The maximum absolute atomic E-state index is 11.4. The maximum Gasteiger partial charge on any atom is 0.257 e. The number of hydrogen-bond acceptors (Lipinski definition) is 4. The predicted molar refractivity (Wildman–Crippen MR) is 77.0 cm³/mol. The number of rotatable bonds is 8. The van der Waals surface area contributed by atoms with Crippen LogP contribution in [0.5, 0.6) is 11.5 Å². The monoisotopic (exact) mass is 288 g/mol. The highest BCUT2D eigenvalue weighted by atomic mass is 35.5. The van der Waals surface area contributed by atoms with E-state index in [4.69, 9.17) is 15.2 Å². The van der Waals surface area contributed by atoms with Crippen molar-refractivity contribution in [2.45, 2.75) is 13.3 Å². The number of amides is 1. The minimum atomic E-state index is -0.141. The number of hydrogen-bond donors (Lipinski definition) is 2. The number of ether oxygens (including phenoxy) is 2.